The Bertz CT molecular complexity index is 145. The van der Waals surface area contributed by atoms with E-state index in [1.807, 2.05) is 0 Å². The van der Waals surface area contributed by atoms with Crippen LogP contribution in [0.25, 0.3) is 0 Å². The molecule has 1 unspecified atom stereocenters. The third-order valence-electron chi connectivity index (χ3n) is 3.46. The average Bonchev–Trinajstić information content (AvgIpc) is 2.88. The van der Waals surface area contributed by atoms with Crippen LogP contribution in [0.15, 0.2) is 0 Å². The van der Waals surface area contributed by atoms with Gasteiger partial charge < -0.3 is 10.2 Å². The van der Waals surface area contributed by atoms with Crippen molar-refractivity contribution in [2.75, 3.05) is 37.7 Å². The summed E-state index contributed by atoms with van der Waals surface area (Å²) >= 11 is 2.10. The van der Waals surface area contributed by atoms with E-state index in [1.165, 1.54) is 69.8 Å². The molecule has 1 atom stereocenters. The summed E-state index contributed by atoms with van der Waals surface area (Å²) in [5.41, 5.74) is 0. The van der Waals surface area contributed by atoms with Gasteiger partial charge in [-0.2, -0.15) is 11.8 Å². The third-order valence-corrected chi connectivity index (χ3v) is 4.62. The molecule has 3 heteroatoms. The third kappa shape index (κ3) is 4.33. The van der Waals surface area contributed by atoms with Gasteiger partial charge in [0, 0.05) is 11.8 Å². The first-order chi connectivity index (χ1) is 7.45. The fourth-order valence-corrected chi connectivity index (χ4v) is 3.66. The molecule has 2 saturated heterocycles. The maximum atomic E-state index is 3.67. The van der Waals surface area contributed by atoms with E-state index in [1.54, 1.807) is 0 Å². The van der Waals surface area contributed by atoms with E-state index >= 15 is 0 Å². The maximum absolute atomic E-state index is 3.67. The number of thioether (sulfide) groups is 1. The number of hydrogen-bond acceptors (Lipinski definition) is 3. The van der Waals surface area contributed by atoms with E-state index in [9.17, 15) is 0 Å². The van der Waals surface area contributed by atoms with Crippen LogP contribution in [0.3, 0.4) is 0 Å². The van der Waals surface area contributed by atoms with Crippen LogP contribution in [0, 0.1) is 0 Å². The van der Waals surface area contributed by atoms with Gasteiger partial charge in [-0.3, -0.25) is 0 Å². The first kappa shape index (κ1) is 11.7. The number of nitrogens with zero attached hydrogens (tertiary/aromatic N) is 1. The van der Waals surface area contributed by atoms with Crippen LogP contribution in [0.2, 0.25) is 0 Å². The Hall–Kier alpha value is 0.270. The van der Waals surface area contributed by atoms with Gasteiger partial charge in [-0.25, -0.2) is 0 Å². The lowest BCUT2D eigenvalue weighted by atomic mass is 10.2. The van der Waals surface area contributed by atoms with Crippen molar-refractivity contribution in [3.8, 4) is 0 Å². The largest absolute Gasteiger partial charge is 0.313 e. The first-order valence-electron chi connectivity index (χ1n) is 6.48. The number of rotatable bonds is 6. The van der Waals surface area contributed by atoms with Crippen LogP contribution in [0.5, 0.6) is 0 Å². The smallest absolute Gasteiger partial charge is 0.0166 e. The number of hydrogen-bond donors (Lipinski definition) is 1. The molecule has 2 rings (SSSR count). The number of unbranched alkanes of at least 4 members (excludes halogenated alkanes) is 1. The lowest BCUT2D eigenvalue weighted by Crippen LogP contribution is -2.30. The van der Waals surface area contributed by atoms with Crippen LogP contribution >= 0.6 is 11.8 Å². The fourth-order valence-electron chi connectivity index (χ4n) is 2.47. The zero-order valence-corrected chi connectivity index (χ0v) is 10.5. The molecule has 2 fully saturated rings. The van der Waals surface area contributed by atoms with Crippen molar-refractivity contribution in [2.45, 2.75) is 38.1 Å². The zero-order chi connectivity index (χ0) is 10.3. The predicted molar refractivity (Wildman–Crippen MR) is 68.6 cm³/mol. The lowest BCUT2D eigenvalue weighted by molar-refractivity contribution is 0.328. The minimum atomic E-state index is 0.821. The van der Waals surface area contributed by atoms with Crippen LogP contribution in [0.4, 0.5) is 0 Å². The highest BCUT2D eigenvalue weighted by Crippen LogP contribution is 2.16. The van der Waals surface area contributed by atoms with Crippen molar-refractivity contribution in [1.82, 2.24) is 10.2 Å². The lowest BCUT2D eigenvalue weighted by Gasteiger charge is -2.15. The van der Waals surface area contributed by atoms with Gasteiger partial charge in [0.05, 0.1) is 0 Å². The van der Waals surface area contributed by atoms with E-state index in [-0.39, 0.29) is 0 Å². The zero-order valence-electron chi connectivity index (χ0n) is 9.71. The predicted octanol–water partition coefficient (Wildman–Crippen LogP) is 1.96. The van der Waals surface area contributed by atoms with Gasteiger partial charge in [0.1, 0.15) is 0 Å². The average molecular weight is 228 g/mol. The van der Waals surface area contributed by atoms with E-state index in [0.717, 1.165) is 6.04 Å². The van der Waals surface area contributed by atoms with E-state index in [2.05, 4.69) is 22.0 Å². The number of likely N-dealkylation sites (tertiary alicyclic amines) is 1. The molecule has 2 aliphatic rings. The summed E-state index contributed by atoms with van der Waals surface area (Å²) in [7, 11) is 0. The molecule has 0 amide bonds. The highest BCUT2D eigenvalue weighted by Gasteiger charge is 2.14. The molecule has 0 radical (unpaired) electrons. The van der Waals surface area contributed by atoms with Crippen LogP contribution in [-0.2, 0) is 0 Å². The molecular weight excluding hydrogens is 204 g/mol. The fraction of sp³-hybridized carbons (Fsp3) is 1.00. The molecule has 0 saturated carbocycles. The Kier molecular flexibility index (Phi) is 5.30. The molecule has 1 N–H and O–H groups in total. The highest BCUT2D eigenvalue weighted by atomic mass is 32.2. The van der Waals surface area contributed by atoms with Crippen LogP contribution < -0.4 is 5.32 Å². The molecule has 15 heavy (non-hydrogen) atoms. The Labute approximate surface area is 98.2 Å². The van der Waals surface area contributed by atoms with Gasteiger partial charge in [0.25, 0.3) is 0 Å². The minimum Gasteiger partial charge on any atom is -0.313 e. The molecule has 0 aromatic carbocycles. The van der Waals surface area contributed by atoms with Gasteiger partial charge >= 0.3 is 0 Å². The topological polar surface area (TPSA) is 15.3 Å². The standard InChI is InChI=1S/C12H24N2S/c1(2-7-14-8-3-4-9-14)6-13-12-5-10-15-11-12/h12-13H,1-11H2. The minimum absolute atomic E-state index is 0.821. The van der Waals surface area contributed by atoms with E-state index in [0.29, 0.717) is 0 Å². The maximum Gasteiger partial charge on any atom is 0.0166 e. The van der Waals surface area contributed by atoms with Crippen molar-refractivity contribution in [2.24, 2.45) is 0 Å². The van der Waals surface area contributed by atoms with Gasteiger partial charge in [0.2, 0.25) is 0 Å². The van der Waals surface area contributed by atoms with E-state index in [4.69, 9.17) is 0 Å². The van der Waals surface area contributed by atoms with Gasteiger partial charge in [-0.1, -0.05) is 0 Å². The molecule has 0 aliphatic carbocycles. The molecule has 0 aromatic rings. The second-order valence-corrected chi connectivity index (χ2v) is 5.92. The molecule has 2 aliphatic heterocycles. The SMILES string of the molecule is C(CCN1CCCC1)CNC1CCSC1. The molecule has 0 aromatic heterocycles. The summed E-state index contributed by atoms with van der Waals surface area (Å²) in [4.78, 5) is 2.62. The first-order valence-corrected chi connectivity index (χ1v) is 7.64. The molecule has 2 nitrogen and oxygen atoms in total. The number of nitrogens with one attached hydrogen (secondary N) is 1. The van der Waals surface area contributed by atoms with Gasteiger partial charge in [-0.05, 0) is 64.0 Å². The van der Waals surface area contributed by atoms with Crippen molar-refractivity contribution in [3.63, 3.8) is 0 Å². The second-order valence-electron chi connectivity index (χ2n) is 4.77. The highest BCUT2D eigenvalue weighted by molar-refractivity contribution is 7.99. The summed E-state index contributed by atoms with van der Waals surface area (Å²) < 4.78 is 0. The summed E-state index contributed by atoms with van der Waals surface area (Å²) in [6.07, 6.45) is 6.98. The Morgan fingerprint density at radius 2 is 2.07 bits per heavy atom. The monoisotopic (exact) mass is 228 g/mol. The van der Waals surface area contributed by atoms with Crippen LogP contribution in [0.1, 0.15) is 32.1 Å². The van der Waals surface area contributed by atoms with E-state index < -0.39 is 0 Å². The Morgan fingerprint density at radius 3 is 2.80 bits per heavy atom. The Morgan fingerprint density at radius 1 is 1.20 bits per heavy atom. The summed E-state index contributed by atoms with van der Waals surface area (Å²) in [6.45, 7) is 5.28. The van der Waals surface area contributed by atoms with Crippen molar-refractivity contribution < 1.29 is 0 Å². The van der Waals surface area contributed by atoms with Crippen molar-refractivity contribution in [1.29, 1.82) is 0 Å². The van der Waals surface area contributed by atoms with Crippen molar-refractivity contribution in [3.05, 3.63) is 0 Å². The normalized spacial score (nSPS) is 27.6. The van der Waals surface area contributed by atoms with Crippen LogP contribution in [-0.4, -0.2) is 48.6 Å². The molecule has 2 heterocycles. The summed E-state index contributed by atoms with van der Waals surface area (Å²) in [5, 5.41) is 3.67. The molecule has 88 valence electrons. The quantitative estimate of drug-likeness (QED) is 0.700. The molecule has 0 bridgehead atoms. The van der Waals surface area contributed by atoms with Gasteiger partial charge in [-0.15, -0.1) is 0 Å². The molecule has 0 spiro atoms. The second kappa shape index (κ2) is 6.77. The van der Waals surface area contributed by atoms with Crippen molar-refractivity contribution >= 4 is 11.8 Å². The Balaban J connectivity index is 1.41. The summed E-state index contributed by atoms with van der Waals surface area (Å²) in [6, 6.07) is 0.821. The summed E-state index contributed by atoms with van der Waals surface area (Å²) in [5.74, 6) is 2.71. The molecular formula is C12H24N2S. The van der Waals surface area contributed by atoms with Gasteiger partial charge in [0.15, 0.2) is 0 Å².